The van der Waals surface area contributed by atoms with E-state index in [1.165, 1.54) is 10.4 Å². The van der Waals surface area contributed by atoms with Gasteiger partial charge in [-0.15, -0.1) is 11.3 Å². The van der Waals surface area contributed by atoms with Gasteiger partial charge in [0.15, 0.2) is 5.96 Å². The van der Waals surface area contributed by atoms with Gasteiger partial charge in [0.2, 0.25) is 0 Å². The third-order valence-electron chi connectivity index (χ3n) is 3.17. The Morgan fingerprint density at radius 3 is 2.57 bits per heavy atom. The fourth-order valence-corrected chi connectivity index (χ4v) is 3.04. The third kappa shape index (κ3) is 4.86. The number of hydrogen-bond acceptors (Lipinski definition) is 3. The number of nitrogens with one attached hydrogen (secondary N) is 2. The molecule has 5 heteroatoms. The quantitative estimate of drug-likeness (QED) is 0.659. The number of hydrogen-bond donors (Lipinski definition) is 2. The Hall–Kier alpha value is -1.88. The van der Waals surface area contributed by atoms with Crippen molar-refractivity contribution < 1.29 is 0 Å². The lowest BCUT2D eigenvalue weighted by molar-refractivity contribution is 0.796. The summed E-state index contributed by atoms with van der Waals surface area (Å²) in [6.07, 6.45) is 0.976. The number of thiazole rings is 1. The molecule has 21 heavy (non-hydrogen) atoms. The fourth-order valence-electron chi connectivity index (χ4n) is 2.10. The monoisotopic (exact) mass is 302 g/mol. The van der Waals surface area contributed by atoms with E-state index in [4.69, 9.17) is 0 Å². The van der Waals surface area contributed by atoms with Crippen molar-refractivity contribution in [1.29, 1.82) is 0 Å². The highest BCUT2D eigenvalue weighted by Crippen LogP contribution is 2.16. The lowest BCUT2D eigenvalue weighted by atomic mass is 10.2. The van der Waals surface area contributed by atoms with Crippen LogP contribution in [0.25, 0.3) is 0 Å². The summed E-state index contributed by atoms with van der Waals surface area (Å²) in [6, 6.07) is 10.3. The smallest absolute Gasteiger partial charge is 0.191 e. The summed E-state index contributed by atoms with van der Waals surface area (Å²) in [5.41, 5.74) is 2.39. The lowest BCUT2D eigenvalue weighted by Crippen LogP contribution is -2.37. The summed E-state index contributed by atoms with van der Waals surface area (Å²) in [5, 5.41) is 7.79. The van der Waals surface area contributed by atoms with Crippen molar-refractivity contribution in [3.05, 3.63) is 51.5 Å². The van der Waals surface area contributed by atoms with E-state index in [1.54, 1.807) is 18.4 Å². The van der Waals surface area contributed by atoms with Gasteiger partial charge in [0, 0.05) is 31.4 Å². The molecule has 0 unspecified atom stereocenters. The zero-order valence-electron chi connectivity index (χ0n) is 12.8. The number of benzene rings is 1. The molecule has 0 fully saturated rings. The molecular weight excluding hydrogens is 280 g/mol. The molecule has 0 aliphatic heterocycles. The van der Waals surface area contributed by atoms with E-state index in [0.29, 0.717) is 0 Å². The van der Waals surface area contributed by atoms with E-state index in [0.717, 1.165) is 36.2 Å². The summed E-state index contributed by atoms with van der Waals surface area (Å²) in [4.78, 5) is 10.0. The first-order valence-corrected chi connectivity index (χ1v) is 7.92. The molecule has 2 rings (SSSR count). The molecule has 0 saturated carbocycles. The van der Waals surface area contributed by atoms with Crippen molar-refractivity contribution in [2.24, 2.45) is 4.99 Å². The van der Waals surface area contributed by atoms with Crippen molar-refractivity contribution in [2.75, 3.05) is 13.6 Å². The number of guanidine groups is 1. The highest BCUT2D eigenvalue weighted by molar-refractivity contribution is 7.11. The van der Waals surface area contributed by atoms with Crippen LogP contribution in [-0.4, -0.2) is 24.5 Å². The molecule has 112 valence electrons. The first kappa shape index (κ1) is 15.5. The molecule has 0 aliphatic rings. The van der Waals surface area contributed by atoms with Crippen molar-refractivity contribution >= 4 is 17.3 Å². The lowest BCUT2D eigenvalue weighted by Gasteiger charge is -2.11. The van der Waals surface area contributed by atoms with E-state index in [9.17, 15) is 0 Å². The minimum atomic E-state index is 0.777. The summed E-state index contributed by atoms with van der Waals surface area (Å²) >= 11 is 1.77. The number of aliphatic imine (C=N–C) groups is 1. The molecule has 1 aromatic heterocycles. The highest BCUT2D eigenvalue weighted by Gasteiger charge is 2.05. The Kier molecular flexibility index (Phi) is 5.75. The Labute approximate surface area is 130 Å². The van der Waals surface area contributed by atoms with Crippen LogP contribution in [0.3, 0.4) is 0 Å². The summed E-state index contributed by atoms with van der Waals surface area (Å²) in [7, 11) is 1.79. The van der Waals surface area contributed by atoms with Gasteiger partial charge in [-0.1, -0.05) is 30.3 Å². The minimum Gasteiger partial charge on any atom is -0.356 e. The Morgan fingerprint density at radius 1 is 1.19 bits per heavy atom. The first-order chi connectivity index (χ1) is 10.2. The van der Waals surface area contributed by atoms with Crippen molar-refractivity contribution in [3.8, 4) is 0 Å². The van der Waals surface area contributed by atoms with Crippen LogP contribution in [0.15, 0.2) is 35.3 Å². The maximum absolute atomic E-state index is 4.45. The molecule has 0 radical (unpaired) electrons. The van der Waals surface area contributed by atoms with Gasteiger partial charge in [0.25, 0.3) is 0 Å². The maximum atomic E-state index is 4.45. The second-order valence-electron chi connectivity index (χ2n) is 4.83. The summed E-state index contributed by atoms with van der Waals surface area (Å²) in [6.45, 7) is 5.76. The average Bonchev–Trinajstić information content (AvgIpc) is 2.81. The molecule has 4 nitrogen and oxygen atoms in total. The zero-order chi connectivity index (χ0) is 15.1. The molecule has 0 bridgehead atoms. The average molecular weight is 302 g/mol. The molecule has 0 spiro atoms. The molecule has 0 aliphatic carbocycles. The van der Waals surface area contributed by atoms with E-state index >= 15 is 0 Å². The molecule has 0 amide bonds. The van der Waals surface area contributed by atoms with Crippen LogP contribution in [0, 0.1) is 13.8 Å². The maximum Gasteiger partial charge on any atom is 0.191 e. The second-order valence-corrected chi connectivity index (χ2v) is 6.12. The standard InChI is InChI=1S/C16H22N4S/c1-12-15(21-13(2)20-12)9-10-18-16(17-3)19-11-14-7-5-4-6-8-14/h4-8H,9-11H2,1-3H3,(H2,17,18,19). The van der Waals surface area contributed by atoms with Crippen LogP contribution in [0.1, 0.15) is 21.1 Å². The van der Waals surface area contributed by atoms with Crippen LogP contribution in [-0.2, 0) is 13.0 Å². The molecule has 1 heterocycles. The Morgan fingerprint density at radius 2 is 1.95 bits per heavy atom. The summed E-state index contributed by atoms with van der Waals surface area (Å²) in [5.74, 6) is 0.831. The van der Waals surface area contributed by atoms with E-state index in [-0.39, 0.29) is 0 Å². The van der Waals surface area contributed by atoms with Crippen molar-refractivity contribution in [2.45, 2.75) is 26.8 Å². The number of aryl methyl sites for hydroxylation is 2. The summed E-state index contributed by atoms with van der Waals surface area (Å²) < 4.78 is 0. The fraction of sp³-hybridized carbons (Fsp3) is 0.375. The van der Waals surface area contributed by atoms with Gasteiger partial charge in [0.05, 0.1) is 10.7 Å². The van der Waals surface area contributed by atoms with Crippen molar-refractivity contribution in [1.82, 2.24) is 15.6 Å². The van der Waals surface area contributed by atoms with E-state index in [1.807, 2.05) is 18.2 Å². The van der Waals surface area contributed by atoms with Crippen LogP contribution in [0.5, 0.6) is 0 Å². The van der Waals surface area contributed by atoms with Crippen LogP contribution in [0.4, 0.5) is 0 Å². The normalized spacial score (nSPS) is 11.5. The zero-order valence-corrected chi connectivity index (χ0v) is 13.6. The van der Waals surface area contributed by atoms with Gasteiger partial charge in [-0.2, -0.15) is 0 Å². The minimum absolute atomic E-state index is 0.777. The third-order valence-corrected chi connectivity index (χ3v) is 4.30. The van der Waals surface area contributed by atoms with Gasteiger partial charge in [-0.25, -0.2) is 4.98 Å². The van der Waals surface area contributed by atoms with Crippen molar-refractivity contribution in [3.63, 3.8) is 0 Å². The number of nitrogens with zero attached hydrogens (tertiary/aromatic N) is 2. The van der Waals surface area contributed by atoms with Crippen LogP contribution >= 0.6 is 11.3 Å². The van der Waals surface area contributed by atoms with Gasteiger partial charge >= 0.3 is 0 Å². The van der Waals surface area contributed by atoms with E-state index < -0.39 is 0 Å². The second kappa shape index (κ2) is 7.78. The van der Waals surface area contributed by atoms with Gasteiger partial charge in [-0.3, -0.25) is 4.99 Å². The Balaban J connectivity index is 1.77. The topological polar surface area (TPSA) is 49.3 Å². The first-order valence-electron chi connectivity index (χ1n) is 7.10. The predicted molar refractivity (Wildman–Crippen MR) is 89.9 cm³/mol. The van der Waals surface area contributed by atoms with Gasteiger partial charge < -0.3 is 10.6 Å². The van der Waals surface area contributed by atoms with Crippen LogP contribution in [0.2, 0.25) is 0 Å². The van der Waals surface area contributed by atoms with E-state index in [2.05, 4.69) is 46.6 Å². The SMILES string of the molecule is CN=C(NCCc1sc(C)nc1C)NCc1ccccc1. The number of rotatable bonds is 5. The highest BCUT2D eigenvalue weighted by atomic mass is 32.1. The Bertz CT molecular complexity index is 590. The molecule has 0 atom stereocenters. The number of aromatic nitrogens is 1. The van der Waals surface area contributed by atoms with Gasteiger partial charge in [0.1, 0.15) is 0 Å². The van der Waals surface area contributed by atoms with Crippen LogP contribution < -0.4 is 10.6 Å². The molecule has 2 N–H and O–H groups in total. The molecule has 2 aromatic rings. The molecule has 1 aromatic carbocycles. The largest absolute Gasteiger partial charge is 0.356 e. The van der Waals surface area contributed by atoms with Gasteiger partial charge in [-0.05, 0) is 19.4 Å². The predicted octanol–water partition coefficient (Wildman–Crippen LogP) is 2.67. The molecule has 0 saturated heterocycles. The molecular formula is C16H22N4S.